The molecule has 0 fully saturated rings. The van der Waals surface area contributed by atoms with Crippen molar-refractivity contribution < 1.29 is 19.1 Å². The highest BCUT2D eigenvalue weighted by atomic mass is 35.5. The van der Waals surface area contributed by atoms with E-state index in [-0.39, 0.29) is 11.5 Å². The number of esters is 2. The number of rotatable bonds is 4. The summed E-state index contributed by atoms with van der Waals surface area (Å²) in [5.74, 6) is -1.11. The topological polar surface area (TPSA) is 52.6 Å². The Morgan fingerprint density at radius 3 is 1.33 bits per heavy atom. The van der Waals surface area contributed by atoms with Crippen molar-refractivity contribution in [2.45, 2.75) is 13.8 Å². The van der Waals surface area contributed by atoms with Crippen LogP contribution in [0.25, 0.3) is 11.5 Å². The van der Waals surface area contributed by atoms with Crippen LogP contribution >= 0.6 is 23.2 Å². The largest absolute Gasteiger partial charge is 0.422 e. The zero-order chi connectivity index (χ0) is 17.7. The fourth-order valence-corrected chi connectivity index (χ4v) is 2.47. The van der Waals surface area contributed by atoms with Gasteiger partial charge in [0.15, 0.2) is 11.5 Å². The highest BCUT2D eigenvalue weighted by molar-refractivity contribution is 6.33. The minimum atomic E-state index is -0.582. The lowest BCUT2D eigenvalue weighted by Crippen LogP contribution is -2.07. The molecule has 0 amide bonds. The fourth-order valence-electron chi connectivity index (χ4n) is 2.03. The van der Waals surface area contributed by atoms with Gasteiger partial charge in [0.1, 0.15) is 0 Å². The van der Waals surface area contributed by atoms with Crippen LogP contribution in [-0.4, -0.2) is 11.9 Å². The predicted octanol–water partition coefficient (Wildman–Crippen LogP) is 4.95. The number of hydrogen-bond donors (Lipinski definition) is 0. The zero-order valence-corrected chi connectivity index (χ0v) is 14.5. The maximum absolute atomic E-state index is 11.6. The van der Waals surface area contributed by atoms with Gasteiger partial charge in [-0.2, -0.15) is 0 Å². The Balaban J connectivity index is 2.78. The van der Waals surface area contributed by atoms with Crippen molar-refractivity contribution in [1.82, 2.24) is 0 Å². The van der Waals surface area contributed by atoms with E-state index >= 15 is 0 Å². The Hall–Kier alpha value is -2.30. The monoisotopic (exact) mass is 364 g/mol. The molecule has 0 spiro atoms. The summed E-state index contributed by atoms with van der Waals surface area (Å²) in [6, 6.07) is 13.5. The van der Waals surface area contributed by atoms with E-state index in [9.17, 15) is 9.59 Å². The van der Waals surface area contributed by atoms with Gasteiger partial charge in [-0.25, -0.2) is 0 Å². The highest BCUT2D eigenvalue weighted by Gasteiger charge is 2.22. The molecule has 124 valence electrons. The van der Waals surface area contributed by atoms with Crippen LogP contribution in [0.3, 0.4) is 0 Å². The Morgan fingerprint density at radius 2 is 1.04 bits per heavy atom. The van der Waals surface area contributed by atoms with Crippen LogP contribution < -0.4 is 0 Å². The number of halogens is 2. The van der Waals surface area contributed by atoms with Crippen LogP contribution in [0.4, 0.5) is 0 Å². The number of carbonyl (C=O) groups excluding carboxylic acids is 2. The van der Waals surface area contributed by atoms with Crippen molar-refractivity contribution in [2.24, 2.45) is 0 Å². The van der Waals surface area contributed by atoms with Crippen molar-refractivity contribution >= 4 is 46.7 Å². The first-order valence-electron chi connectivity index (χ1n) is 7.01. The highest BCUT2D eigenvalue weighted by Crippen LogP contribution is 2.35. The van der Waals surface area contributed by atoms with E-state index in [2.05, 4.69) is 0 Å². The van der Waals surface area contributed by atoms with E-state index in [1.165, 1.54) is 13.8 Å². The zero-order valence-electron chi connectivity index (χ0n) is 13.0. The van der Waals surface area contributed by atoms with Gasteiger partial charge in [0.2, 0.25) is 0 Å². The lowest BCUT2D eigenvalue weighted by molar-refractivity contribution is -0.136. The van der Waals surface area contributed by atoms with Crippen LogP contribution in [0.5, 0.6) is 0 Å². The number of ether oxygens (including phenoxy) is 2. The molecule has 0 aromatic heterocycles. The fraction of sp³-hybridized carbons (Fsp3) is 0.111. The first-order valence-corrected chi connectivity index (χ1v) is 7.76. The minimum absolute atomic E-state index is 0.0244. The Labute approximate surface area is 149 Å². The molecule has 2 aromatic carbocycles. The third kappa shape index (κ3) is 4.37. The first-order chi connectivity index (χ1) is 11.4. The maximum Gasteiger partial charge on any atom is 0.308 e. The summed E-state index contributed by atoms with van der Waals surface area (Å²) in [6.45, 7) is 2.49. The second-order valence-electron chi connectivity index (χ2n) is 4.81. The quantitative estimate of drug-likeness (QED) is 0.437. The average Bonchev–Trinajstić information content (AvgIpc) is 2.52. The molecule has 0 saturated carbocycles. The third-order valence-electron chi connectivity index (χ3n) is 2.93. The van der Waals surface area contributed by atoms with Gasteiger partial charge in [-0.3, -0.25) is 9.59 Å². The molecule has 4 nitrogen and oxygen atoms in total. The molecule has 0 bridgehead atoms. The normalized spacial score (nSPS) is 11.5. The molecule has 2 aromatic rings. The lowest BCUT2D eigenvalue weighted by atomic mass is 10.1. The second-order valence-corrected chi connectivity index (χ2v) is 5.62. The number of hydrogen-bond acceptors (Lipinski definition) is 4. The molecule has 0 unspecified atom stereocenters. The van der Waals surface area contributed by atoms with Crippen molar-refractivity contribution in [1.29, 1.82) is 0 Å². The van der Waals surface area contributed by atoms with Crippen LogP contribution in [-0.2, 0) is 19.1 Å². The summed E-state index contributed by atoms with van der Waals surface area (Å²) in [7, 11) is 0. The summed E-state index contributed by atoms with van der Waals surface area (Å²) in [5, 5.41) is 0.677. The molecule has 24 heavy (non-hydrogen) atoms. The van der Waals surface area contributed by atoms with Crippen LogP contribution in [0.2, 0.25) is 10.0 Å². The molecule has 0 heterocycles. The van der Waals surface area contributed by atoms with Gasteiger partial charge in [-0.15, -0.1) is 0 Å². The summed E-state index contributed by atoms with van der Waals surface area (Å²) in [4.78, 5) is 23.1. The first kappa shape index (κ1) is 18.0. The van der Waals surface area contributed by atoms with E-state index in [1.807, 2.05) is 0 Å². The molecule has 6 heteroatoms. The minimum Gasteiger partial charge on any atom is -0.422 e. The van der Waals surface area contributed by atoms with E-state index in [0.717, 1.165) is 0 Å². The Bertz CT molecular complexity index is 745. The van der Waals surface area contributed by atoms with Crippen LogP contribution in [0, 0.1) is 0 Å². The van der Waals surface area contributed by atoms with Gasteiger partial charge in [0, 0.05) is 25.0 Å². The summed E-state index contributed by atoms with van der Waals surface area (Å²) in [5.41, 5.74) is 0.816. The van der Waals surface area contributed by atoms with Crippen molar-refractivity contribution in [3.8, 4) is 0 Å². The van der Waals surface area contributed by atoms with Crippen molar-refractivity contribution in [2.75, 3.05) is 0 Å². The molecule has 0 radical (unpaired) electrons. The van der Waals surface area contributed by atoms with Gasteiger partial charge < -0.3 is 9.47 Å². The third-order valence-corrected chi connectivity index (χ3v) is 3.59. The lowest BCUT2D eigenvalue weighted by Gasteiger charge is -2.16. The molecular formula is C18H14Cl2O4. The van der Waals surface area contributed by atoms with Gasteiger partial charge in [0.25, 0.3) is 0 Å². The smallest absolute Gasteiger partial charge is 0.308 e. The van der Waals surface area contributed by atoms with E-state index in [0.29, 0.717) is 21.2 Å². The molecule has 0 saturated heterocycles. The molecule has 0 atom stereocenters. The number of carbonyl (C=O) groups is 2. The van der Waals surface area contributed by atoms with E-state index < -0.39 is 11.9 Å². The predicted molar refractivity (Wildman–Crippen MR) is 93.3 cm³/mol. The van der Waals surface area contributed by atoms with Crippen molar-refractivity contribution in [3.05, 3.63) is 69.7 Å². The summed E-state index contributed by atoms with van der Waals surface area (Å²) in [6.07, 6.45) is 0. The maximum atomic E-state index is 11.6. The molecule has 2 rings (SSSR count). The molecule has 0 N–H and O–H groups in total. The van der Waals surface area contributed by atoms with Gasteiger partial charge >= 0.3 is 11.9 Å². The standard InChI is InChI=1S/C18H14Cl2O4/c1-11(21)23-17(13-7-3-5-9-15(13)19)18(24-12(2)22)14-8-4-6-10-16(14)20/h3-10H,1-2H3. The van der Waals surface area contributed by atoms with E-state index in [1.54, 1.807) is 48.5 Å². The molecule has 0 aliphatic carbocycles. The van der Waals surface area contributed by atoms with Gasteiger partial charge in [0.05, 0.1) is 10.0 Å². The molecule has 0 aliphatic heterocycles. The van der Waals surface area contributed by atoms with Crippen LogP contribution in [0.1, 0.15) is 25.0 Å². The van der Waals surface area contributed by atoms with Gasteiger partial charge in [-0.1, -0.05) is 47.5 Å². The van der Waals surface area contributed by atoms with Crippen molar-refractivity contribution in [3.63, 3.8) is 0 Å². The molecule has 0 aliphatic rings. The van der Waals surface area contributed by atoms with Crippen LogP contribution in [0.15, 0.2) is 48.5 Å². The van der Waals surface area contributed by atoms with Gasteiger partial charge in [-0.05, 0) is 24.3 Å². The second kappa shape index (κ2) is 7.99. The van der Waals surface area contributed by atoms with E-state index in [4.69, 9.17) is 32.7 Å². The summed E-state index contributed by atoms with van der Waals surface area (Å²) < 4.78 is 10.6. The number of benzene rings is 2. The Kier molecular flexibility index (Phi) is 6.01. The Morgan fingerprint density at radius 1 is 0.708 bits per heavy atom. The molecular weight excluding hydrogens is 351 g/mol. The average molecular weight is 365 g/mol. The SMILES string of the molecule is CC(=O)OC(=C(OC(C)=O)c1ccccc1Cl)c1ccccc1Cl. The summed E-state index contributed by atoms with van der Waals surface area (Å²) >= 11 is 12.4.